The summed E-state index contributed by atoms with van der Waals surface area (Å²) in [7, 11) is 1.52. The van der Waals surface area contributed by atoms with E-state index in [9.17, 15) is 14.9 Å². The van der Waals surface area contributed by atoms with Crippen LogP contribution in [0.25, 0.3) is 0 Å². The third kappa shape index (κ3) is 5.85. The number of ether oxygens (including phenoxy) is 4. The van der Waals surface area contributed by atoms with Crippen molar-refractivity contribution in [2.45, 2.75) is 65.2 Å². The number of nitrogens with zero attached hydrogens (tertiary/aromatic N) is 4. The fourth-order valence-corrected chi connectivity index (χ4v) is 4.53. The summed E-state index contributed by atoms with van der Waals surface area (Å²) in [5, 5.41) is 10.2. The van der Waals surface area contributed by atoms with E-state index in [1.807, 2.05) is 18.7 Å². The van der Waals surface area contributed by atoms with Gasteiger partial charge in [-0.3, -0.25) is 4.90 Å². The topological polar surface area (TPSA) is 114 Å². The summed E-state index contributed by atoms with van der Waals surface area (Å²) in [5.74, 6) is 0.142. The smallest absolute Gasteiger partial charge is 0.410 e. The first-order valence-electron chi connectivity index (χ1n) is 12.1. The van der Waals surface area contributed by atoms with Gasteiger partial charge in [0.05, 0.1) is 43.2 Å². The number of hydrogen-bond donors (Lipinski definition) is 0. The van der Waals surface area contributed by atoms with E-state index >= 15 is 0 Å². The Hall–Kier alpha value is -2.90. The van der Waals surface area contributed by atoms with E-state index in [4.69, 9.17) is 23.9 Å². The van der Waals surface area contributed by atoms with Crippen molar-refractivity contribution in [3.8, 4) is 6.07 Å². The van der Waals surface area contributed by atoms with Crippen molar-refractivity contribution in [3.05, 3.63) is 22.4 Å². The Morgan fingerprint density at radius 3 is 2.60 bits per heavy atom. The zero-order valence-electron chi connectivity index (χ0n) is 21.5. The van der Waals surface area contributed by atoms with Crippen LogP contribution in [0.5, 0.6) is 0 Å². The van der Waals surface area contributed by atoms with Crippen LogP contribution in [-0.4, -0.2) is 80.2 Å². The maximum Gasteiger partial charge on any atom is 0.410 e. The number of carbonyl (C=O) groups excluding carboxylic acids is 2. The monoisotopic (exact) mass is 488 g/mol. The number of fused-ring (bicyclic) bond motifs is 1. The van der Waals surface area contributed by atoms with Gasteiger partial charge in [-0.15, -0.1) is 0 Å². The summed E-state index contributed by atoms with van der Waals surface area (Å²) >= 11 is 0. The van der Waals surface area contributed by atoms with Gasteiger partial charge in [0.15, 0.2) is 6.04 Å². The molecule has 3 rings (SSSR count). The van der Waals surface area contributed by atoms with Crippen LogP contribution in [0.1, 0.15) is 62.9 Å². The molecule has 192 valence electrons. The van der Waals surface area contributed by atoms with Crippen molar-refractivity contribution in [1.29, 1.82) is 5.26 Å². The lowest BCUT2D eigenvalue weighted by Gasteiger charge is -2.41. The lowest BCUT2D eigenvalue weighted by molar-refractivity contribution is -0.149. The third-order valence-electron chi connectivity index (χ3n) is 6.28. The van der Waals surface area contributed by atoms with Gasteiger partial charge in [0.1, 0.15) is 18.5 Å². The summed E-state index contributed by atoms with van der Waals surface area (Å²) in [6.07, 6.45) is -0.00599. The predicted octanol–water partition coefficient (Wildman–Crippen LogP) is 2.76. The Balaban J connectivity index is 1.99. The van der Waals surface area contributed by atoms with E-state index in [0.717, 1.165) is 16.8 Å². The van der Waals surface area contributed by atoms with E-state index in [-0.39, 0.29) is 38.8 Å². The van der Waals surface area contributed by atoms with Gasteiger partial charge in [0.2, 0.25) is 0 Å². The van der Waals surface area contributed by atoms with Crippen molar-refractivity contribution in [3.63, 3.8) is 0 Å². The molecule has 10 heteroatoms. The molecule has 1 aromatic heterocycles. The zero-order valence-corrected chi connectivity index (χ0v) is 21.5. The summed E-state index contributed by atoms with van der Waals surface area (Å²) in [6.45, 7) is 11.6. The van der Waals surface area contributed by atoms with Gasteiger partial charge < -0.3 is 23.8 Å². The summed E-state index contributed by atoms with van der Waals surface area (Å²) in [6, 6.07) is 1.48. The van der Waals surface area contributed by atoms with Gasteiger partial charge in [0.25, 0.3) is 0 Å². The number of hydrogen-bond acceptors (Lipinski definition) is 9. The van der Waals surface area contributed by atoms with Crippen molar-refractivity contribution in [2.75, 3.05) is 51.5 Å². The van der Waals surface area contributed by atoms with Crippen LogP contribution < -0.4 is 4.90 Å². The average Bonchev–Trinajstić information content (AvgIpc) is 2.82. The van der Waals surface area contributed by atoms with Gasteiger partial charge in [-0.25, -0.2) is 14.6 Å². The molecule has 1 unspecified atom stereocenters. The molecule has 1 atom stereocenters. The van der Waals surface area contributed by atoms with Gasteiger partial charge in [-0.2, -0.15) is 5.26 Å². The highest BCUT2D eigenvalue weighted by Gasteiger charge is 2.40. The first-order valence-corrected chi connectivity index (χ1v) is 12.1. The molecular weight excluding hydrogens is 452 g/mol. The Morgan fingerprint density at radius 1 is 1.23 bits per heavy atom. The lowest BCUT2D eigenvalue weighted by atomic mass is 9.86. The van der Waals surface area contributed by atoms with Crippen LogP contribution in [0, 0.1) is 11.3 Å². The molecule has 1 aromatic rings. The molecule has 0 aliphatic carbocycles. The largest absolute Gasteiger partial charge is 0.464 e. The average molecular weight is 489 g/mol. The number of nitriles is 1. The molecule has 0 saturated carbocycles. The molecule has 0 bridgehead atoms. The quantitative estimate of drug-likeness (QED) is 0.422. The molecule has 10 nitrogen and oxygen atoms in total. The number of carbonyl (C=O) groups is 2. The maximum atomic E-state index is 12.8. The van der Waals surface area contributed by atoms with Gasteiger partial charge in [-0.1, -0.05) is 13.8 Å². The highest BCUT2D eigenvalue weighted by molar-refractivity contribution is 5.83. The van der Waals surface area contributed by atoms with Crippen LogP contribution >= 0.6 is 0 Å². The van der Waals surface area contributed by atoms with Gasteiger partial charge in [0, 0.05) is 32.2 Å². The number of anilines is 1. The Bertz CT molecular complexity index is 987. The van der Waals surface area contributed by atoms with E-state index in [0.29, 0.717) is 31.0 Å². The first kappa shape index (κ1) is 26.7. The van der Waals surface area contributed by atoms with Crippen LogP contribution in [0.15, 0.2) is 0 Å². The summed E-state index contributed by atoms with van der Waals surface area (Å²) in [4.78, 5) is 33.8. The molecule has 0 spiro atoms. The second kappa shape index (κ2) is 11.2. The zero-order chi connectivity index (χ0) is 25.8. The number of methoxy groups -OCH3 is 1. The standard InChI is InChI=1S/C25H36N4O6/c1-7-33-23(30)20-14-28(8-9-29(20)24(31)34-11-10-32-6)22-18(13-26)17-12-25(4,5)35-15-19(17)21(27-22)16(2)3/h16,20H,7-12,14-15H2,1-6H3. The number of rotatable bonds is 7. The molecule has 35 heavy (non-hydrogen) atoms. The number of pyridine rings is 1. The number of amides is 1. The highest BCUT2D eigenvalue weighted by Crippen LogP contribution is 2.38. The van der Waals surface area contributed by atoms with Crippen LogP contribution in [-0.2, 0) is 36.8 Å². The molecule has 2 aliphatic heterocycles. The fourth-order valence-electron chi connectivity index (χ4n) is 4.53. The molecule has 1 amide bonds. The molecule has 1 saturated heterocycles. The van der Waals surface area contributed by atoms with E-state index in [1.165, 1.54) is 12.0 Å². The maximum absolute atomic E-state index is 12.8. The molecular formula is C25H36N4O6. The van der Waals surface area contributed by atoms with E-state index < -0.39 is 23.7 Å². The molecule has 0 radical (unpaired) electrons. The van der Waals surface area contributed by atoms with Crippen LogP contribution in [0.2, 0.25) is 0 Å². The van der Waals surface area contributed by atoms with Crippen molar-refractivity contribution < 1.29 is 28.5 Å². The lowest BCUT2D eigenvalue weighted by Crippen LogP contribution is -2.59. The Labute approximate surface area is 207 Å². The number of aromatic nitrogens is 1. The van der Waals surface area contributed by atoms with E-state index in [2.05, 4.69) is 19.9 Å². The summed E-state index contributed by atoms with van der Waals surface area (Å²) in [5.41, 5.74) is 2.91. The Kier molecular flexibility index (Phi) is 8.56. The van der Waals surface area contributed by atoms with Crippen molar-refractivity contribution >= 4 is 17.9 Å². The molecule has 2 aliphatic rings. The second-order valence-electron chi connectivity index (χ2n) is 9.66. The SMILES string of the molecule is CCOC(=O)C1CN(c2nc(C(C)C)c3c(c2C#N)CC(C)(C)OC3)CCN1C(=O)OCCOC. The molecule has 3 heterocycles. The van der Waals surface area contributed by atoms with E-state index in [1.54, 1.807) is 6.92 Å². The van der Waals surface area contributed by atoms with Gasteiger partial charge in [-0.05, 0) is 32.3 Å². The fraction of sp³-hybridized carbons (Fsp3) is 0.680. The van der Waals surface area contributed by atoms with Crippen LogP contribution in [0.4, 0.5) is 10.6 Å². The second-order valence-corrected chi connectivity index (χ2v) is 9.66. The first-order chi connectivity index (χ1) is 16.6. The minimum absolute atomic E-state index is 0.0889. The minimum Gasteiger partial charge on any atom is -0.464 e. The number of esters is 1. The minimum atomic E-state index is -0.884. The third-order valence-corrected chi connectivity index (χ3v) is 6.28. The molecule has 0 N–H and O–H groups in total. The highest BCUT2D eigenvalue weighted by atomic mass is 16.6. The van der Waals surface area contributed by atoms with Crippen molar-refractivity contribution in [2.24, 2.45) is 0 Å². The normalized spacial score (nSPS) is 19.2. The number of piperazine rings is 1. The summed E-state index contributed by atoms with van der Waals surface area (Å²) < 4.78 is 21.5. The van der Waals surface area contributed by atoms with Crippen molar-refractivity contribution in [1.82, 2.24) is 9.88 Å². The van der Waals surface area contributed by atoms with Crippen LogP contribution in [0.3, 0.4) is 0 Å². The molecule has 0 aromatic carbocycles. The molecule has 1 fully saturated rings. The van der Waals surface area contributed by atoms with Gasteiger partial charge >= 0.3 is 12.1 Å². The predicted molar refractivity (Wildman–Crippen MR) is 128 cm³/mol. The Morgan fingerprint density at radius 2 is 1.97 bits per heavy atom.